The zero-order valence-corrected chi connectivity index (χ0v) is 14.9. The normalized spacial score (nSPS) is 18.0. The van der Waals surface area contributed by atoms with E-state index in [1.807, 2.05) is 29.2 Å². The molecule has 5 nitrogen and oxygen atoms in total. The van der Waals surface area contributed by atoms with Crippen LogP contribution in [0.2, 0.25) is 0 Å². The highest BCUT2D eigenvalue weighted by molar-refractivity contribution is 5.98. The topological polar surface area (TPSA) is 42.0 Å². The molecule has 3 rings (SSSR count). The molecule has 1 unspecified atom stereocenters. The summed E-state index contributed by atoms with van der Waals surface area (Å²) in [5, 5.41) is 0. The van der Waals surface area contributed by atoms with Crippen LogP contribution in [0.15, 0.2) is 48.5 Å². The number of methoxy groups -OCH3 is 2. The number of hydrogen-bond acceptors (Lipinski definition) is 4. The van der Waals surface area contributed by atoms with Crippen molar-refractivity contribution in [3.63, 3.8) is 0 Å². The lowest BCUT2D eigenvalue weighted by Gasteiger charge is -2.40. The fourth-order valence-electron chi connectivity index (χ4n) is 3.33. The number of hydrogen-bond donors (Lipinski definition) is 0. The molecule has 132 valence electrons. The number of carbonyl (C=O) groups is 1. The highest BCUT2D eigenvalue weighted by atomic mass is 16.5. The summed E-state index contributed by atoms with van der Waals surface area (Å²) < 4.78 is 10.8. The van der Waals surface area contributed by atoms with Crippen molar-refractivity contribution < 1.29 is 14.3 Å². The van der Waals surface area contributed by atoms with Crippen molar-refractivity contribution in [1.82, 2.24) is 9.80 Å². The quantitative estimate of drug-likeness (QED) is 0.858. The second-order valence-electron chi connectivity index (χ2n) is 6.23. The van der Waals surface area contributed by atoms with Gasteiger partial charge in [-0.1, -0.05) is 36.4 Å². The maximum Gasteiger partial charge on any atom is 0.258 e. The van der Waals surface area contributed by atoms with Gasteiger partial charge >= 0.3 is 0 Å². The van der Waals surface area contributed by atoms with Gasteiger partial charge < -0.3 is 19.3 Å². The minimum atomic E-state index is -0.0299. The molecule has 1 saturated heterocycles. The average Bonchev–Trinajstić information content (AvgIpc) is 2.67. The van der Waals surface area contributed by atoms with Crippen molar-refractivity contribution in [3.8, 4) is 11.5 Å². The van der Waals surface area contributed by atoms with E-state index < -0.39 is 0 Å². The van der Waals surface area contributed by atoms with Crippen molar-refractivity contribution in [1.29, 1.82) is 0 Å². The van der Waals surface area contributed by atoms with Crippen molar-refractivity contribution >= 4 is 5.91 Å². The van der Waals surface area contributed by atoms with Crippen LogP contribution < -0.4 is 9.47 Å². The Labute approximate surface area is 148 Å². The number of likely N-dealkylation sites (N-methyl/N-ethyl adjacent to an activating group) is 1. The largest absolute Gasteiger partial charge is 0.493 e. The molecule has 1 atom stereocenters. The molecule has 25 heavy (non-hydrogen) atoms. The van der Waals surface area contributed by atoms with Gasteiger partial charge in [0.25, 0.3) is 5.91 Å². The van der Waals surface area contributed by atoms with Gasteiger partial charge in [-0.15, -0.1) is 0 Å². The molecule has 2 aromatic rings. The molecule has 0 aromatic heterocycles. The molecular weight excluding hydrogens is 316 g/mol. The molecule has 2 aromatic carbocycles. The smallest absolute Gasteiger partial charge is 0.258 e. The van der Waals surface area contributed by atoms with Crippen LogP contribution in [0, 0.1) is 0 Å². The molecular formula is C20H24N2O3. The van der Waals surface area contributed by atoms with Gasteiger partial charge in [-0.05, 0) is 24.7 Å². The van der Waals surface area contributed by atoms with E-state index in [4.69, 9.17) is 9.47 Å². The van der Waals surface area contributed by atoms with Crippen LogP contribution in [-0.4, -0.2) is 56.6 Å². The zero-order valence-electron chi connectivity index (χ0n) is 14.9. The summed E-state index contributed by atoms with van der Waals surface area (Å²) in [5.41, 5.74) is 1.68. The van der Waals surface area contributed by atoms with E-state index in [0.717, 1.165) is 18.7 Å². The Bertz CT molecular complexity index is 733. The summed E-state index contributed by atoms with van der Waals surface area (Å²) in [4.78, 5) is 17.5. The van der Waals surface area contributed by atoms with E-state index in [1.165, 1.54) is 0 Å². The average molecular weight is 340 g/mol. The molecule has 0 bridgehead atoms. The number of benzene rings is 2. The maximum absolute atomic E-state index is 13.3. The Hall–Kier alpha value is -2.53. The Balaban J connectivity index is 1.97. The summed E-state index contributed by atoms with van der Waals surface area (Å²) in [5.74, 6) is 1.03. The monoisotopic (exact) mass is 340 g/mol. The first-order chi connectivity index (χ1) is 12.2. The fourth-order valence-corrected chi connectivity index (χ4v) is 3.33. The van der Waals surface area contributed by atoms with Crippen molar-refractivity contribution in [2.75, 3.05) is 40.9 Å². The van der Waals surface area contributed by atoms with E-state index in [0.29, 0.717) is 23.6 Å². The van der Waals surface area contributed by atoms with Crippen molar-refractivity contribution in [2.24, 2.45) is 0 Å². The highest BCUT2D eigenvalue weighted by Gasteiger charge is 2.32. The molecule has 0 aliphatic carbocycles. The van der Waals surface area contributed by atoms with Crippen molar-refractivity contribution in [3.05, 3.63) is 59.7 Å². The maximum atomic E-state index is 13.3. The highest BCUT2D eigenvalue weighted by Crippen LogP contribution is 2.34. The van der Waals surface area contributed by atoms with Gasteiger partial charge in [0.15, 0.2) is 11.5 Å². The molecule has 5 heteroatoms. The molecule has 1 aliphatic heterocycles. The number of carbonyl (C=O) groups excluding carboxylic acids is 1. The van der Waals surface area contributed by atoms with E-state index in [1.54, 1.807) is 26.4 Å². The molecule has 0 saturated carbocycles. The molecule has 1 aliphatic rings. The SMILES string of the molecule is COc1cccc(C(=O)N2CCN(C)CC2c2ccccc2)c1OC. The number of para-hydroxylation sites is 1. The Morgan fingerprint density at radius 1 is 1.00 bits per heavy atom. The van der Waals surface area contributed by atoms with Crippen LogP contribution in [-0.2, 0) is 0 Å². The van der Waals surface area contributed by atoms with Gasteiger partial charge in [0.1, 0.15) is 0 Å². The summed E-state index contributed by atoms with van der Waals surface area (Å²) in [6.07, 6.45) is 0. The molecule has 0 N–H and O–H groups in total. The minimum absolute atomic E-state index is 0.0170. The van der Waals surface area contributed by atoms with Gasteiger partial charge in [-0.25, -0.2) is 0 Å². The van der Waals surface area contributed by atoms with Crippen LogP contribution in [0.1, 0.15) is 22.0 Å². The van der Waals surface area contributed by atoms with Gasteiger partial charge in [0.05, 0.1) is 25.8 Å². The third-order valence-corrected chi connectivity index (χ3v) is 4.66. The van der Waals surface area contributed by atoms with Crippen LogP contribution >= 0.6 is 0 Å². The number of amides is 1. The standard InChI is InChI=1S/C20H24N2O3/c1-21-12-13-22(17(14-21)15-8-5-4-6-9-15)20(23)16-10-7-11-18(24-2)19(16)25-3/h4-11,17H,12-14H2,1-3H3. The lowest BCUT2D eigenvalue weighted by atomic mass is 10.0. The fraction of sp³-hybridized carbons (Fsp3) is 0.350. The first-order valence-corrected chi connectivity index (χ1v) is 8.41. The molecule has 1 fully saturated rings. The molecule has 0 radical (unpaired) electrons. The minimum Gasteiger partial charge on any atom is -0.493 e. The van der Waals surface area contributed by atoms with Crippen LogP contribution in [0.25, 0.3) is 0 Å². The lowest BCUT2D eigenvalue weighted by Crippen LogP contribution is -2.49. The number of nitrogens with zero attached hydrogens (tertiary/aromatic N) is 2. The van der Waals surface area contributed by atoms with Crippen LogP contribution in [0.3, 0.4) is 0 Å². The zero-order chi connectivity index (χ0) is 17.8. The predicted octanol–water partition coefficient (Wildman–Crippen LogP) is 2.83. The van der Waals surface area contributed by atoms with Gasteiger partial charge in [0.2, 0.25) is 0 Å². The van der Waals surface area contributed by atoms with E-state index in [2.05, 4.69) is 24.1 Å². The van der Waals surface area contributed by atoms with Gasteiger partial charge in [0, 0.05) is 19.6 Å². The summed E-state index contributed by atoms with van der Waals surface area (Å²) in [6, 6.07) is 15.6. The van der Waals surface area contributed by atoms with Crippen molar-refractivity contribution in [2.45, 2.75) is 6.04 Å². The summed E-state index contributed by atoms with van der Waals surface area (Å²) >= 11 is 0. The number of rotatable bonds is 4. The Kier molecular flexibility index (Phi) is 5.24. The Morgan fingerprint density at radius 2 is 1.76 bits per heavy atom. The van der Waals surface area contributed by atoms with Gasteiger partial charge in [-0.2, -0.15) is 0 Å². The Morgan fingerprint density at radius 3 is 2.44 bits per heavy atom. The molecule has 0 spiro atoms. The molecule has 1 amide bonds. The van der Waals surface area contributed by atoms with E-state index in [9.17, 15) is 4.79 Å². The van der Waals surface area contributed by atoms with E-state index in [-0.39, 0.29) is 11.9 Å². The predicted molar refractivity (Wildman–Crippen MR) is 97.3 cm³/mol. The first-order valence-electron chi connectivity index (χ1n) is 8.41. The lowest BCUT2D eigenvalue weighted by molar-refractivity contribution is 0.0494. The third kappa shape index (κ3) is 3.46. The van der Waals surface area contributed by atoms with Crippen LogP contribution in [0.4, 0.5) is 0 Å². The second-order valence-corrected chi connectivity index (χ2v) is 6.23. The molecule has 1 heterocycles. The van der Waals surface area contributed by atoms with Gasteiger partial charge in [-0.3, -0.25) is 4.79 Å². The second kappa shape index (κ2) is 7.57. The first kappa shape index (κ1) is 17.3. The van der Waals surface area contributed by atoms with E-state index >= 15 is 0 Å². The number of ether oxygens (including phenoxy) is 2. The van der Waals surface area contributed by atoms with Crippen LogP contribution in [0.5, 0.6) is 11.5 Å². The third-order valence-electron chi connectivity index (χ3n) is 4.66. The summed E-state index contributed by atoms with van der Waals surface area (Å²) in [7, 11) is 5.23. The summed E-state index contributed by atoms with van der Waals surface area (Å²) in [6.45, 7) is 2.33. The number of piperazine rings is 1.